The molecule has 0 radical (unpaired) electrons. The number of ether oxygens (including phenoxy) is 1. The minimum atomic E-state index is -1.06. The van der Waals surface area contributed by atoms with E-state index in [-0.39, 0.29) is 18.7 Å². The molecule has 0 bridgehead atoms. The Morgan fingerprint density at radius 3 is 2.62 bits per heavy atom. The highest BCUT2D eigenvalue weighted by molar-refractivity contribution is 5.92. The zero-order valence-electron chi connectivity index (χ0n) is 19.3. The van der Waals surface area contributed by atoms with Gasteiger partial charge in [0.25, 0.3) is 5.91 Å². The lowest BCUT2D eigenvalue weighted by molar-refractivity contribution is -0.180. The molecule has 182 valence electrons. The Bertz CT molecular complexity index is 1070. The van der Waals surface area contributed by atoms with Crippen molar-refractivity contribution in [3.05, 3.63) is 47.5 Å². The molecular weight excluding hydrogens is 442 g/mol. The zero-order valence-corrected chi connectivity index (χ0v) is 19.3. The molecule has 2 aromatic carbocycles. The lowest BCUT2D eigenvalue weighted by Crippen LogP contribution is -2.43. The van der Waals surface area contributed by atoms with E-state index in [9.17, 15) is 24.9 Å². The molecule has 0 aromatic heterocycles. The second kappa shape index (κ2) is 10.7. The molecule has 1 aliphatic rings. The fraction of sp³-hybridized carbons (Fsp3) is 0.375. The molecule has 0 saturated carbocycles. The van der Waals surface area contributed by atoms with Crippen molar-refractivity contribution < 1.29 is 34.5 Å². The molecule has 10 nitrogen and oxygen atoms in total. The lowest BCUT2D eigenvalue weighted by atomic mass is 9.89. The predicted octanol–water partition coefficient (Wildman–Crippen LogP) is 1.80. The molecule has 34 heavy (non-hydrogen) atoms. The standard InChI is InChI=1S/C24H29N3O7/c1-13(29)20-19(12-28)34-27(21(20)23(30)26-3)11-14-6-5-7-18(22(14)33-4)15-8-16(24(31)32)10-17(9-15)25-2/h5-10,13,19-21,25,28-29H,3,11-12H2,1-2,4H3,(H,31,32)/t13-,19-,20?,21-/m0/s1. The summed E-state index contributed by atoms with van der Waals surface area (Å²) in [5.41, 5.74) is 2.66. The Balaban J connectivity index is 2.05. The summed E-state index contributed by atoms with van der Waals surface area (Å²) in [4.78, 5) is 33.5. The number of nitrogens with zero attached hydrogens (tertiary/aromatic N) is 2. The van der Waals surface area contributed by atoms with Gasteiger partial charge in [-0.3, -0.25) is 9.63 Å². The number of carbonyl (C=O) groups is 2. The molecule has 0 aliphatic carbocycles. The van der Waals surface area contributed by atoms with Gasteiger partial charge in [0.15, 0.2) is 0 Å². The molecule has 1 heterocycles. The summed E-state index contributed by atoms with van der Waals surface area (Å²) >= 11 is 0. The first-order valence-corrected chi connectivity index (χ1v) is 10.7. The fourth-order valence-corrected chi connectivity index (χ4v) is 4.35. The van der Waals surface area contributed by atoms with Crippen LogP contribution >= 0.6 is 0 Å². The number of aliphatic hydroxyl groups excluding tert-OH is 2. The van der Waals surface area contributed by atoms with Gasteiger partial charge in [0.05, 0.1) is 31.9 Å². The van der Waals surface area contributed by atoms with Crippen molar-refractivity contribution in [2.75, 3.05) is 26.1 Å². The van der Waals surface area contributed by atoms with Crippen LogP contribution in [0.4, 0.5) is 5.69 Å². The highest BCUT2D eigenvalue weighted by Gasteiger charge is 2.49. The zero-order chi connectivity index (χ0) is 25.0. The van der Waals surface area contributed by atoms with Crippen LogP contribution in [-0.4, -0.2) is 78.0 Å². The first-order valence-electron chi connectivity index (χ1n) is 10.7. The van der Waals surface area contributed by atoms with E-state index in [1.165, 1.54) is 25.2 Å². The number of hydrogen-bond donors (Lipinski definition) is 4. The van der Waals surface area contributed by atoms with Gasteiger partial charge in [-0.15, -0.1) is 0 Å². The molecular formula is C24H29N3O7. The minimum absolute atomic E-state index is 0.0835. The Kier molecular flexibility index (Phi) is 8.00. The average Bonchev–Trinajstić information content (AvgIpc) is 3.21. The summed E-state index contributed by atoms with van der Waals surface area (Å²) in [5, 5.41) is 33.9. The molecule has 1 aliphatic heterocycles. The van der Waals surface area contributed by atoms with Crippen molar-refractivity contribution in [1.29, 1.82) is 0 Å². The van der Waals surface area contributed by atoms with E-state index in [1.54, 1.807) is 37.4 Å². The van der Waals surface area contributed by atoms with Gasteiger partial charge in [0, 0.05) is 29.8 Å². The number of aromatic carboxylic acids is 1. The van der Waals surface area contributed by atoms with Crippen LogP contribution in [0.25, 0.3) is 11.1 Å². The van der Waals surface area contributed by atoms with Crippen LogP contribution < -0.4 is 10.1 Å². The van der Waals surface area contributed by atoms with Crippen molar-refractivity contribution >= 4 is 24.3 Å². The molecule has 10 heteroatoms. The molecule has 1 unspecified atom stereocenters. The number of aliphatic imine (C=N–C) groups is 1. The van der Waals surface area contributed by atoms with Gasteiger partial charge < -0.3 is 25.4 Å². The maximum atomic E-state index is 12.6. The second-order valence-electron chi connectivity index (χ2n) is 8.01. The second-order valence-corrected chi connectivity index (χ2v) is 8.01. The minimum Gasteiger partial charge on any atom is -0.496 e. The Morgan fingerprint density at radius 2 is 2.06 bits per heavy atom. The first-order chi connectivity index (χ1) is 16.2. The number of benzene rings is 2. The Labute approximate surface area is 197 Å². The number of hydroxylamine groups is 2. The molecule has 1 saturated heterocycles. The molecule has 4 atom stereocenters. The number of para-hydroxylation sites is 1. The van der Waals surface area contributed by atoms with Gasteiger partial charge in [-0.05, 0) is 37.4 Å². The Morgan fingerprint density at radius 1 is 1.32 bits per heavy atom. The monoisotopic (exact) mass is 471 g/mol. The van der Waals surface area contributed by atoms with Crippen molar-refractivity contribution in [1.82, 2.24) is 5.06 Å². The molecule has 1 fully saturated rings. The van der Waals surface area contributed by atoms with Crippen LogP contribution in [-0.2, 0) is 16.2 Å². The van der Waals surface area contributed by atoms with Crippen LogP contribution in [0.2, 0.25) is 0 Å². The van der Waals surface area contributed by atoms with E-state index < -0.39 is 36.0 Å². The van der Waals surface area contributed by atoms with E-state index in [0.717, 1.165) is 0 Å². The number of hydrogen-bond acceptors (Lipinski definition) is 8. The highest BCUT2D eigenvalue weighted by Crippen LogP contribution is 2.38. The molecule has 3 rings (SSSR count). The summed E-state index contributed by atoms with van der Waals surface area (Å²) in [6.07, 6.45) is -1.74. The van der Waals surface area contributed by atoms with Gasteiger partial charge in [0.1, 0.15) is 17.9 Å². The van der Waals surface area contributed by atoms with E-state index in [2.05, 4.69) is 17.0 Å². The maximum absolute atomic E-state index is 12.6. The summed E-state index contributed by atoms with van der Waals surface area (Å²) in [5.74, 6) is -1.88. The molecule has 2 aromatic rings. The third kappa shape index (κ3) is 4.95. The first kappa shape index (κ1) is 25.3. The van der Waals surface area contributed by atoms with Gasteiger partial charge >= 0.3 is 5.97 Å². The fourth-order valence-electron chi connectivity index (χ4n) is 4.35. The van der Waals surface area contributed by atoms with Gasteiger partial charge in [-0.1, -0.05) is 18.2 Å². The highest BCUT2D eigenvalue weighted by atomic mass is 16.7. The lowest BCUT2D eigenvalue weighted by Gasteiger charge is -2.25. The smallest absolute Gasteiger partial charge is 0.335 e. The maximum Gasteiger partial charge on any atom is 0.335 e. The number of carboxylic acid groups (broad SMARTS) is 1. The van der Waals surface area contributed by atoms with Gasteiger partial charge in [-0.2, -0.15) is 5.06 Å². The molecule has 1 amide bonds. The van der Waals surface area contributed by atoms with Gasteiger partial charge in [0.2, 0.25) is 0 Å². The van der Waals surface area contributed by atoms with E-state index in [0.29, 0.717) is 28.1 Å². The number of rotatable bonds is 9. The quantitative estimate of drug-likeness (QED) is 0.403. The van der Waals surface area contributed by atoms with E-state index in [1.807, 2.05) is 0 Å². The van der Waals surface area contributed by atoms with E-state index >= 15 is 0 Å². The number of anilines is 1. The van der Waals surface area contributed by atoms with Crippen molar-refractivity contribution in [2.24, 2.45) is 10.9 Å². The van der Waals surface area contributed by atoms with Crippen molar-refractivity contribution in [3.63, 3.8) is 0 Å². The SMILES string of the molecule is C=NC(=O)[C@@H]1C([C@H](C)O)[C@H](CO)ON1Cc1cccc(-c2cc(NC)cc(C(=O)O)c2)c1OC. The third-order valence-corrected chi connectivity index (χ3v) is 5.93. The topological polar surface area (TPSA) is 141 Å². The van der Waals surface area contributed by atoms with Gasteiger partial charge in [-0.25, -0.2) is 9.79 Å². The van der Waals surface area contributed by atoms with Crippen LogP contribution in [0.3, 0.4) is 0 Å². The average molecular weight is 472 g/mol. The number of methoxy groups -OCH3 is 1. The van der Waals surface area contributed by atoms with E-state index in [4.69, 9.17) is 9.57 Å². The largest absolute Gasteiger partial charge is 0.496 e. The molecule has 4 N–H and O–H groups in total. The summed E-state index contributed by atoms with van der Waals surface area (Å²) in [6.45, 7) is 4.53. The number of nitrogens with one attached hydrogen (secondary N) is 1. The number of amides is 1. The summed E-state index contributed by atoms with van der Waals surface area (Å²) in [7, 11) is 3.19. The third-order valence-electron chi connectivity index (χ3n) is 5.93. The summed E-state index contributed by atoms with van der Waals surface area (Å²) < 4.78 is 5.70. The van der Waals surface area contributed by atoms with Crippen molar-refractivity contribution in [2.45, 2.75) is 31.7 Å². The predicted molar refractivity (Wildman–Crippen MR) is 126 cm³/mol. The number of carbonyl (C=O) groups excluding carboxylic acids is 1. The summed E-state index contributed by atoms with van der Waals surface area (Å²) in [6, 6.07) is 9.32. The van der Waals surface area contributed by atoms with Crippen LogP contribution in [0.1, 0.15) is 22.8 Å². The van der Waals surface area contributed by atoms with Crippen LogP contribution in [0, 0.1) is 5.92 Å². The molecule has 0 spiro atoms. The van der Waals surface area contributed by atoms with Crippen LogP contribution in [0.5, 0.6) is 5.75 Å². The van der Waals surface area contributed by atoms with Crippen LogP contribution in [0.15, 0.2) is 41.4 Å². The van der Waals surface area contributed by atoms with Crippen molar-refractivity contribution in [3.8, 4) is 16.9 Å². The number of carboxylic acids is 1. The number of aliphatic hydroxyl groups is 2. The normalized spacial score (nSPS) is 21.1. The Hall–Kier alpha value is -3.31.